The van der Waals surface area contributed by atoms with Crippen LogP contribution in [0.15, 0.2) is 40.6 Å². The van der Waals surface area contributed by atoms with E-state index in [-0.39, 0.29) is 11.5 Å². The van der Waals surface area contributed by atoms with Gasteiger partial charge in [-0.15, -0.1) is 11.3 Å². The van der Waals surface area contributed by atoms with Crippen molar-refractivity contribution in [2.75, 3.05) is 38.0 Å². The third-order valence-electron chi connectivity index (χ3n) is 5.05. The van der Waals surface area contributed by atoms with Crippen molar-refractivity contribution in [1.82, 2.24) is 19.2 Å². The number of nitrogens with one attached hydrogen (secondary N) is 1. The van der Waals surface area contributed by atoms with Gasteiger partial charge in [-0.25, -0.2) is 4.98 Å². The number of nitrogens with zero attached hydrogens (tertiary/aromatic N) is 4. The highest BCUT2D eigenvalue weighted by Gasteiger charge is 2.20. The van der Waals surface area contributed by atoms with E-state index in [4.69, 9.17) is 11.6 Å². The van der Waals surface area contributed by atoms with Crippen molar-refractivity contribution in [2.24, 2.45) is 0 Å². The maximum atomic E-state index is 12.4. The van der Waals surface area contributed by atoms with Gasteiger partial charge in [0.05, 0.1) is 12.2 Å². The Morgan fingerprint density at radius 2 is 1.97 bits per heavy atom. The molecular weight excluding hydrogens is 410 g/mol. The van der Waals surface area contributed by atoms with Gasteiger partial charge < -0.3 is 5.32 Å². The number of hydrogen-bond donors (Lipinski definition) is 1. The highest BCUT2D eigenvalue weighted by Crippen LogP contribution is 2.20. The Labute approximate surface area is 177 Å². The molecule has 7 nitrogen and oxygen atoms in total. The zero-order valence-corrected chi connectivity index (χ0v) is 17.7. The number of benzene rings is 1. The van der Waals surface area contributed by atoms with Crippen molar-refractivity contribution in [2.45, 2.75) is 13.5 Å². The number of halogens is 1. The lowest BCUT2D eigenvalue weighted by atomic mass is 10.2. The van der Waals surface area contributed by atoms with E-state index in [0.29, 0.717) is 18.1 Å². The molecule has 29 heavy (non-hydrogen) atoms. The molecule has 0 bridgehead atoms. The number of carbonyl (C=O) groups excluding carboxylic acids is 1. The van der Waals surface area contributed by atoms with E-state index in [1.165, 1.54) is 11.3 Å². The number of aryl methyl sites for hydroxylation is 1. The van der Waals surface area contributed by atoms with Gasteiger partial charge in [0, 0.05) is 61.1 Å². The Morgan fingerprint density at radius 3 is 2.76 bits per heavy atom. The van der Waals surface area contributed by atoms with Crippen molar-refractivity contribution in [3.05, 3.63) is 62.5 Å². The first-order valence-corrected chi connectivity index (χ1v) is 10.7. The molecule has 1 aliphatic rings. The highest BCUT2D eigenvalue weighted by atomic mass is 35.5. The Morgan fingerprint density at radius 1 is 1.21 bits per heavy atom. The van der Waals surface area contributed by atoms with Gasteiger partial charge in [-0.1, -0.05) is 17.7 Å². The third-order valence-corrected chi connectivity index (χ3v) is 6.04. The predicted octanol–water partition coefficient (Wildman–Crippen LogP) is 2.47. The largest absolute Gasteiger partial charge is 0.325 e. The van der Waals surface area contributed by atoms with Gasteiger partial charge in [-0.05, 0) is 24.6 Å². The first-order chi connectivity index (χ1) is 14.0. The minimum Gasteiger partial charge on any atom is -0.325 e. The van der Waals surface area contributed by atoms with Crippen LogP contribution in [0.4, 0.5) is 5.69 Å². The summed E-state index contributed by atoms with van der Waals surface area (Å²) in [5.74, 6) is -0.0401. The fourth-order valence-corrected chi connectivity index (χ4v) is 4.34. The molecule has 0 aliphatic carbocycles. The van der Waals surface area contributed by atoms with Crippen LogP contribution in [0.25, 0.3) is 4.96 Å². The number of anilines is 1. The first-order valence-electron chi connectivity index (χ1n) is 9.44. The van der Waals surface area contributed by atoms with E-state index >= 15 is 0 Å². The van der Waals surface area contributed by atoms with Gasteiger partial charge in [0.25, 0.3) is 5.56 Å². The summed E-state index contributed by atoms with van der Waals surface area (Å²) < 4.78 is 1.56. The summed E-state index contributed by atoms with van der Waals surface area (Å²) in [5.41, 5.74) is 2.49. The second kappa shape index (κ2) is 8.62. The van der Waals surface area contributed by atoms with E-state index in [0.717, 1.165) is 48.1 Å². The Hall–Kier alpha value is -2.26. The zero-order chi connectivity index (χ0) is 20.4. The number of carbonyl (C=O) groups is 1. The average Bonchev–Trinajstić information content (AvgIpc) is 3.15. The third kappa shape index (κ3) is 4.84. The molecule has 3 heterocycles. The number of thiazole rings is 1. The normalized spacial score (nSPS) is 15.7. The smallest absolute Gasteiger partial charge is 0.258 e. The van der Waals surface area contributed by atoms with Crippen LogP contribution in [0.2, 0.25) is 5.02 Å². The predicted molar refractivity (Wildman–Crippen MR) is 116 cm³/mol. The summed E-state index contributed by atoms with van der Waals surface area (Å²) in [6, 6.07) is 7.08. The summed E-state index contributed by atoms with van der Waals surface area (Å²) in [6.07, 6.45) is 1.74. The summed E-state index contributed by atoms with van der Waals surface area (Å²) in [6.45, 7) is 6.18. The number of piperazine rings is 1. The van der Waals surface area contributed by atoms with Gasteiger partial charge in [0.2, 0.25) is 5.91 Å². The molecule has 0 spiro atoms. The van der Waals surface area contributed by atoms with E-state index < -0.39 is 0 Å². The lowest BCUT2D eigenvalue weighted by Crippen LogP contribution is -2.48. The van der Waals surface area contributed by atoms with Crippen molar-refractivity contribution in [1.29, 1.82) is 0 Å². The van der Waals surface area contributed by atoms with Crippen LogP contribution in [0.1, 0.15) is 11.3 Å². The van der Waals surface area contributed by atoms with Crippen molar-refractivity contribution in [3.8, 4) is 0 Å². The van der Waals surface area contributed by atoms with Gasteiger partial charge in [0.1, 0.15) is 0 Å². The lowest BCUT2D eigenvalue weighted by molar-refractivity contribution is -0.117. The lowest BCUT2D eigenvalue weighted by Gasteiger charge is -2.34. The van der Waals surface area contributed by atoms with E-state index in [1.807, 2.05) is 24.4 Å². The van der Waals surface area contributed by atoms with Gasteiger partial charge in [-0.2, -0.15) is 0 Å². The quantitative estimate of drug-likeness (QED) is 0.672. The second-order valence-electron chi connectivity index (χ2n) is 7.20. The van der Waals surface area contributed by atoms with Gasteiger partial charge >= 0.3 is 0 Å². The van der Waals surface area contributed by atoms with E-state index in [9.17, 15) is 9.59 Å². The van der Waals surface area contributed by atoms with Crippen molar-refractivity contribution in [3.63, 3.8) is 0 Å². The van der Waals surface area contributed by atoms with Crippen molar-refractivity contribution >= 4 is 39.5 Å². The molecule has 3 aromatic rings. The highest BCUT2D eigenvalue weighted by molar-refractivity contribution is 7.15. The maximum absolute atomic E-state index is 12.4. The number of hydrogen-bond acceptors (Lipinski definition) is 6. The van der Waals surface area contributed by atoms with Gasteiger partial charge in [0.15, 0.2) is 4.96 Å². The molecule has 0 atom stereocenters. The SMILES string of the molecule is Cc1ccc(Cl)cc1NC(=O)CN1CCN(Cc2cc(=O)n3ccsc3n2)CC1. The summed E-state index contributed by atoms with van der Waals surface area (Å²) in [5, 5.41) is 5.41. The molecule has 0 radical (unpaired) electrons. The molecule has 9 heteroatoms. The summed E-state index contributed by atoms with van der Waals surface area (Å²) >= 11 is 7.48. The molecule has 1 N–H and O–H groups in total. The fourth-order valence-electron chi connectivity index (χ4n) is 3.43. The summed E-state index contributed by atoms with van der Waals surface area (Å²) in [7, 11) is 0. The zero-order valence-electron chi connectivity index (χ0n) is 16.1. The van der Waals surface area contributed by atoms with Gasteiger partial charge in [-0.3, -0.25) is 23.8 Å². The van der Waals surface area contributed by atoms with Crippen LogP contribution < -0.4 is 10.9 Å². The molecule has 1 aliphatic heterocycles. The molecule has 0 unspecified atom stereocenters. The number of aromatic nitrogens is 2. The Bertz CT molecular complexity index is 1090. The standard InChI is InChI=1S/C20H22ClN5O2S/c1-14-2-3-15(21)10-17(14)23-18(27)13-25-6-4-24(5-7-25)12-16-11-19(28)26-8-9-29-20(26)22-16/h2-3,8-11H,4-7,12-13H2,1H3,(H,23,27). The minimum atomic E-state index is -0.0436. The second-order valence-corrected chi connectivity index (χ2v) is 8.51. The molecule has 1 aromatic carbocycles. The molecule has 4 rings (SSSR count). The number of fused-ring (bicyclic) bond motifs is 1. The Kier molecular flexibility index (Phi) is 5.96. The van der Waals surface area contributed by atoms with Crippen LogP contribution in [0, 0.1) is 6.92 Å². The van der Waals surface area contributed by atoms with Crippen LogP contribution in [-0.4, -0.2) is 57.8 Å². The topological polar surface area (TPSA) is 70.0 Å². The van der Waals surface area contributed by atoms with Crippen LogP contribution in [0.3, 0.4) is 0 Å². The number of amides is 1. The molecular formula is C20H22ClN5O2S. The molecule has 152 valence electrons. The molecule has 0 saturated carbocycles. The number of rotatable bonds is 5. The van der Waals surface area contributed by atoms with E-state index in [2.05, 4.69) is 20.1 Å². The molecule has 1 amide bonds. The van der Waals surface area contributed by atoms with Crippen LogP contribution in [0.5, 0.6) is 0 Å². The fraction of sp³-hybridized carbons (Fsp3) is 0.350. The monoisotopic (exact) mass is 431 g/mol. The average molecular weight is 432 g/mol. The molecule has 1 fully saturated rings. The van der Waals surface area contributed by atoms with E-state index in [1.54, 1.807) is 22.7 Å². The molecule has 2 aromatic heterocycles. The van der Waals surface area contributed by atoms with Crippen LogP contribution in [-0.2, 0) is 11.3 Å². The Balaban J connectivity index is 1.29. The first kappa shape index (κ1) is 20.0. The summed E-state index contributed by atoms with van der Waals surface area (Å²) in [4.78, 5) is 34.2. The maximum Gasteiger partial charge on any atom is 0.258 e. The minimum absolute atomic E-state index is 0.0401. The molecule has 1 saturated heterocycles. The van der Waals surface area contributed by atoms with Crippen molar-refractivity contribution < 1.29 is 4.79 Å². The van der Waals surface area contributed by atoms with Crippen LogP contribution >= 0.6 is 22.9 Å².